The molecule has 0 heterocycles. The number of carbonyl (C=O) groups is 1. The van der Waals surface area contributed by atoms with Gasteiger partial charge in [0.25, 0.3) is 0 Å². The molecule has 11 heavy (non-hydrogen) atoms. The Labute approximate surface area is 66.5 Å². The summed E-state index contributed by atoms with van der Waals surface area (Å²) in [5.74, 6) is -0.657. The Bertz CT molecular complexity index is 187. The third-order valence-electron chi connectivity index (χ3n) is 0.687. The van der Waals surface area contributed by atoms with E-state index in [0.29, 0.717) is 0 Å². The summed E-state index contributed by atoms with van der Waals surface area (Å²) >= 11 is -2.40. The summed E-state index contributed by atoms with van der Waals surface area (Å²) in [5.41, 5.74) is 0.206. The van der Waals surface area contributed by atoms with Gasteiger partial charge in [-0.2, -0.15) is 4.21 Å². The minimum Gasteiger partial charge on any atom is -0.434 e. The zero-order valence-corrected chi connectivity index (χ0v) is 6.72. The first-order chi connectivity index (χ1) is 5.04. The molecule has 6 heteroatoms. The molecule has 64 valence electrons. The zero-order chi connectivity index (χ0) is 8.85. The van der Waals surface area contributed by atoms with Crippen molar-refractivity contribution in [3.63, 3.8) is 0 Å². The fourth-order valence-electron chi connectivity index (χ4n) is 0.242. The van der Waals surface area contributed by atoms with Crippen molar-refractivity contribution < 1.29 is 22.5 Å². The quantitative estimate of drug-likeness (QED) is 0.290. The number of hydrogen-bond donors (Lipinski definition) is 1. The summed E-state index contributed by atoms with van der Waals surface area (Å²) in [6.07, 6.45) is 0. The first-order valence-corrected chi connectivity index (χ1v) is 3.64. The molecule has 1 unspecified atom stereocenters. The molecule has 0 rings (SSSR count). The average molecular weight is 180 g/mol. The highest BCUT2D eigenvalue weighted by Crippen LogP contribution is 1.92. The number of ether oxygens (including phenoxy) is 1. The molecule has 0 saturated heterocycles. The molecule has 5 nitrogen and oxygen atoms in total. The Morgan fingerprint density at radius 3 is 2.64 bits per heavy atom. The molecule has 0 aromatic carbocycles. The van der Waals surface area contributed by atoms with Gasteiger partial charge in [-0.25, -0.2) is 8.98 Å². The molecule has 0 bridgehead atoms. The summed E-state index contributed by atoms with van der Waals surface area (Å²) in [7, 11) is 0. The molecule has 0 aromatic heterocycles. The van der Waals surface area contributed by atoms with Gasteiger partial charge in [-0.15, -0.1) is 0 Å². The highest BCUT2D eigenvalue weighted by Gasteiger charge is 2.02. The summed E-state index contributed by atoms with van der Waals surface area (Å²) in [4.78, 5) is 10.5. The van der Waals surface area contributed by atoms with Crippen LogP contribution in [0.4, 0.5) is 0 Å². The Balaban J connectivity index is 3.47. The summed E-state index contributed by atoms with van der Waals surface area (Å²) in [5, 5.41) is 0. The van der Waals surface area contributed by atoms with E-state index in [-0.39, 0.29) is 5.57 Å². The van der Waals surface area contributed by atoms with Crippen LogP contribution in [0.1, 0.15) is 6.92 Å². The predicted octanol–water partition coefficient (Wildman–Crippen LogP) is 0.216. The molecule has 1 atom stereocenters. The second-order valence-corrected chi connectivity index (χ2v) is 2.33. The standard InChI is InChI=1S/C5H8O5S/c1-4(2)5(6)9-3-10-11(7)8/h1,3H2,2H3,(H,7,8). The van der Waals surface area contributed by atoms with E-state index in [4.69, 9.17) is 4.55 Å². The lowest BCUT2D eigenvalue weighted by molar-refractivity contribution is -0.145. The smallest absolute Gasteiger partial charge is 0.335 e. The third-order valence-corrected chi connectivity index (χ3v) is 0.985. The molecule has 0 aromatic rings. The second-order valence-electron chi connectivity index (χ2n) is 1.66. The van der Waals surface area contributed by atoms with Crippen molar-refractivity contribution in [1.29, 1.82) is 0 Å². The summed E-state index contributed by atoms with van der Waals surface area (Å²) in [6, 6.07) is 0. The van der Waals surface area contributed by atoms with E-state index in [2.05, 4.69) is 15.5 Å². The van der Waals surface area contributed by atoms with Crippen molar-refractivity contribution in [3.8, 4) is 0 Å². The third kappa shape index (κ3) is 5.71. The van der Waals surface area contributed by atoms with Crippen LogP contribution >= 0.6 is 0 Å². The maximum atomic E-state index is 10.5. The van der Waals surface area contributed by atoms with E-state index in [0.717, 1.165) is 0 Å². The van der Waals surface area contributed by atoms with Gasteiger partial charge in [-0.3, -0.25) is 4.55 Å². The van der Waals surface area contributed by atoms with Crippen molar-refractivity contribution in [2.45, 2.75) is 6.92 Å². The van der Waals surface area contributed by atoms with Gasteiger partial charge >= 0.3 is 17.3 Å². The number of esters is 1. The largest absolute Gasteiger partial charge is 0.434 e. The number of carbonyl (C=O) groups excluding carboxylic acids is 1. The molecule has 1 N–H and O–H groups in total. The monoisotopic (exact) mass is 180 g/mol. The van der Waals surface area contributed by atoms with Gasteiger partial charge in [0.15, 0.2) is 0 Å². The van der Waals surface area contributed by atoms with Crippen LogP contribution in [0.15, 0.2) is 12.2 Å². The SMILES string of the molecule is C=C(C)C(=O)OCOS(=O)O. The Hall–Kier alpha value is -0.720. The van der Waals surface area contributed by atoms with Crippen LogP contribution in [0, 0.1) is 0 Å². The van der Waals surface area contributed by atoms with Crippen LogP contribution in [-0.2, 0) is 25.1 Å². The van der Waals surface area contributed by atoms with Gasteiger partial charge in [0.1, 0.15) is 0 Å². The lowest BCUT2D eigenvalue weighted by Crippen LogP contribution is -2.09. The van der Waals surface area contributed by atoms with Gasteiger partial charge in [0.05, 0.1) is 0 Å². The van der Waals surface area contributed by atoms with Crippen LogP contribution < -0.4 is 0 Å². The van der Waals surface area contributed by atoms with Crippen molar-refractivity contribution >= 4 is 17.3 Å². The second kappa shape index (κ2) is 5.00. The van der Waals surface area contributed by atoms with E-state index >= 15 is 0 Å². The topological polar surface area (TPSA) is 72.8 Å². The highest BCUT2D eigenvalue weighted by molar-refractivity contribution is 7.74. The van der Waals surface area contributed by atoms with Crippen LogP contribution in [0.5, 0.6) is 0 Å². The minimum atomic E-state index is -2.40. The fraction of sp³-hybridized carbons (Fsp3) is 0.400. The number of hydrogen-bond acceptors (Lipinski definition) is 4. The molecule has 0 saturated carbocycles. The molecule has 0 amide bonds. The fourth-order valence-corrected chi connectivity index (χ4v) is 0.372. The van der Waals surface area contributed by atoms with Crippen molar-refractivity contribution in [1.82, 2.24) is 0 Å². The molecule has 0 spiro atoms. The van der Waals surface area contributed by atoms with Gasteiger partial charge in [-0.05, 0) is 6.92 Å². The van der Waals surface area contributed by atoms with Crippen LogP contribution in [0.3, 0.4) is 0 Å². The highest BCUT2D eigenvalue weighted by atomic mass is 32.2. The maximum absolute atomic E-state index is 10.5. The van der Waals surface area contributed by atoms with E-state index in [1.807, 2.05) is 0 Å². The normalized spacial score (nSPS) is 12.2. The summed E-state index contributed by atoms with van der Waals surface area (Å²) in [6.45, 7) is 4.19. The van der Waals surface area contributed by atoms with Crippen molar-refractivity contribution in [3.05, 3.63) is 12.2 Å². The first kappa shape index (κ1) is 10.3. The molecule has 0 aliphatic heterocycles. The molecular formula is C5H8O5S. The van der Waals surface area contributed by atoms with Gasteiger partial charge in [-0.1, -0.05) is 6.58 Å². The molecular weight excluding hydrogens is 172 g/mol. The summed E-state index contributed by atoms with van der Waals surface area (Å²) < 4.78 is 26.2. The van der Waals surface area contributed by atoms with Crippen LogP contribution in [0.25, 0.3) is 0 Å². The van der Waals surface area contributed by atoms with Crippen molar-refractivity contribution in [2.24, 2.45) is 0 Å². The molecule has 0 aliphatic carbocycles. The molecule has 0 aliphatic rings. The lowest BCUT2D eigenvalue weighted by atomic mass is 10.4. The van der Waals surface area contributed by atoms with E-state index < -0.39 is 24.1 Å². The van der Waals surface area contributed by atoms with Crippen LogP contribution in [-0.4, -0.2) is 21.5 Å². The van der Waals surface area contributed by atoms with Gasteiger partial charge in [0, 0.05) is 5.57 Å². The van der Waals surface area contributed by atoms with Gasteiger partial charge in [0.2, 0.25) is 6.79 Å². The maximum Gasteiger partial charge on any atom is 0.335 e. The Morgan fingerprint density at radius 1 is 1.73 bits per heavy atom. The first-order valence-electron chi connectivity index (χ1n) is 2.61. The molecule has 0 fully saturated rings. The van der Waals surface area contributed by atoms with E-state index in [1.165, 1.54) is 6.92 Å². The minimum absolute atomic E-state index is 0.206. The van der Waals surface area contributed by atoms with E-state index in [1.54, 1.807) is 0 Å². The zero-order valence-electron chi connectivity index (χ0n) is 5.90. The lowest BCUT2D eigenvalue weighted by Gasteiger charge is -2.00. The Morgan fingerprint density at radius 2 is 2.27 bits per heavy atom. The van der Waals surface area contributed by atoms with Gasteiger partial charge < -0.3 is 4.74 Å². The number of rotatable bonds is 4. The Kier molecular flexibility index (Phi) is 4.67. The average Bonchev–Trinajstić information content (AvgIpc) is 1.86. The van der Waals surface area contributed by atoms with Crippen LogP contribution in [0.2, 0.25) is 0 Å². The van der Waals surface area contributed by atoms with Crippen molar-refractivity contribution in [2.75, 3.05) is 6.79 Å². The van der Waals surface area contributed by atoms with E-state index in [9.17, 15) is 9.00 Å². The predicted molar refractivity (Wildman–Crippen MR) is 37.6 cm³/mol. The molecule has 0 radical (unpaired) electrons.